The van der Waals surface area contributed by atoms with Crippen molar-refractivity contribution in [1.82, 2.24) is 0 Å². The lowest BCUT2D eigenvalue weighted by Gasteiger charge is -1.96. The maximum absolute atomic E-state index is 4.58. The molecule has 0 aliphatic rings. The second-order valence-electron chi connectivity index (χ2n) is 3.15. The Morgan fingerprint density at radius 2 is 2.21 bits per heavy atom. The number of aryl methyl sites for hydroxylation is 1. The summed E-state index contributed by atoms with van der Waals surface area (Å²) in [4.78, 5) is 2.55. The molecule has 0 spiro atoms. The van der Waals surface area contributed by atoms with Crippen molar-refractivity contribution in [2.45, 2.75) is 23.6 Å². The van der Waals surface area contributed by atoms with E-state index >= 15 is 0 Å². The fourth-order valence-corrected chi connectivity index (χ4v) is 3.92. The van der Waals surface area contributed by atoms with Gasteiger partial charge in [-0.15, -0.1) is 24.0 Å². The van der Waals surface area contributed by atoms with Crippen LogP contribution < -0.4 is 0 Å². The summed E-state index contributed by atoms with van der Waals surface area (Å²) in [6, 6.07) is 6.42. The predicted octanol–water partition coefficient (Wildman–Crippen LogP) is 4.65. The van der Waals surface area contributed by atoms with E-state index in [0.29, 0.717) is 0 Å². The van der Waals surface area contributed by atoms with Gasteiger partial charge in [0.1, 0.15) is 0 Å². The van der Waals surface area contributed by atoms with Crippen LogP contribution in [-0.2, 0) is 11.8 Å². The molecular weight excluding hydrogens is 276 g/mol. The highest BCUT2D eigenvalue weighted by molar-refractivity contribution is 9.08. The standard InChI is InChI=1S/C11H11BrS2/c1-2-9-10(13)8-5-3-4-7(6-12)11(8)14-9/h3-5,13H,2,6H2,1H3. The third-order valence-electron chi connectivity index (χ3n) is 2.31. The number of alkyl halides is 1. The van der Waals surface area contributed by atoms with E-state index in [2.05, 4.69) is 53.7 Å². The molecule has 0 bridgehead atoms. The Bertz CT molecular complexity index is 460. The van der Waals surface area contributed by atoms with Crippen LogP contribution in [0.15, 0.2) is 23.1 Å². The maximum atomic E-state index is 4.58. The summed E-state index contributed by atoms with van der Waals surface area (Å²) in [7, 11) is 0. The molecule has 1 heterocycles. The van der Waals surface area contributed by atoms with Gasteiger partial charge < -0.3 is 0 Å². The number of halogens is 1. The molecule has 0 saturated carbocycles. The van der Waals surface area contributed by atoms with Crippen LogP contribution in [0.25, 0.3) is 10.1 Å². The molecule has 0 aliphatic heterocycles. The number of thiol groups is 1. The zero-order chi connectivity index (χ0) is 10.1. The average molecular weight is 287 g/mol. The fourth-order valence-electron chi connectivity index (χ4n) is 1.56. The van der Waals surface area contributed by atoms with Crippen LogP contribution in [0, 0.1) is 0 Å². The smallest absolute Gasteiger partial charge is 0.0397 e. The molecule has 0 nitrogen and oxygen atoms in total. The van der Waals surface area contributed by atoms with Gasteiger partial charge in [0, 0.05) is 25.2 Å². The van der Waals surface area contributed by atoms with E-state index in [1.54, 1.807) is 0 Å². The van der Waals surface area contributed by atoms with Crippen molar-refractivity contribution in [2.24, 2.45) is 0 Å². The van der Waals surface area contributed by atoms with Gasteiger partial charge in [-0.25, -0.2) is 0 Å². The molecule has 0 saturated heterocycles. The molecule has 0 aliphatic carbocycles. The number of rotatable bonds is 2. The molecule has 0 radical (unpaired) electrons. The van der Waals surface area contributed by atoms with Gasteiger partial charge in [0.15, 0.2) is 0 Å². The highest BCUT2D eigenvalue weighted by atomic mass is 79.9. The summed E-state index contributed by atoms with van der Waals surface area (Å²) in [6.07, 6.45) is 1.07. The van der Waals surface area contributed by atoms with Gasteiger partial charge in [-0.05, 0) is 12.0 Å². The Balaban J connectivity index is 2.77. The molecule has 3 heteroatoms. The highest BCUT2D eigenvalue weighted by Gasteiger charge is 2.09. The summed E-state index contributed by atoms with van der Waals surface area (Å²) >= 11 is 9.96. The quantitative estimate of drug-likeness (QED) is 0.603. The molecule has 0 N–H and O–H groups in total. The van der Waals surface area contributed by atoms with E-state index in [9.17, 15) is 0 Å². The minimum Gasteiger partial charge on any atom is -0.142 e. The van der Waals surface area contributed by atoms with Crippen LogP contribution in [0.3, 0.4) is 0 Å². The van der Waals surface area contributed by atoms with Gasteiger partial charge >= 0.3 is 0 Å². The fraction of sp³-hybridized carbons (Fsp3) is 0.273. The zero-order valence-corrected chi connectivity index (χ0v) is 11.2. The van der Waals surface area contributed by atoms with Crippen molar-refractivity contribution in [3.05, 3.63) is 28.6 Å². The van der Waals surface area contributed by atoms with Crippen LogP contribution in [0.5, 0.6) is 0 Å². The number of hydrogen-bond donors (Lipinski definition) is 1. The van der Waals surface area contributed by atoms with Gasteiger partial charge in [0.25, 0.3) is 0 Å². The summed E-state index contributed by atoms with van der Waals surface area (Å²) in [5, 5.41) is 2.22. The van der Waals surface area contributed by atoms with Crippen molar-refractivity contribution < 1.29 is 0 Å². The van der Waals surface area contributed by atoms with Crippen LogP contribution in [0.1, 0.15) is 17.4 Å². The third kappa shape index (κ3) is 1.62. The van der Waals surface area contributed by atoms with Crippen molar-refractivity contribution in [3.8, 4) is 0 Å². The molecule has 2 aromatic rings. The van der Waals surface area contributed by atoms with Gasteiger partial charge in [-0.2, -0.15) is 0 Å². The second-order valence-corrected chi connectivity index (χ2v) is 5.27. The van der Waals surface area contributed by atoms with Crippen molar-refractivity contribution in [2.75, 3.05) is 0 Å². The normalized spacial score (nSPS) is 11.1. The van der Waals surface area contributed by atoms with Crippen LogP contribution in [-0.4, -0.2) is 0 Å². The Labute approximate surface area is 102 Å². The Kier molecular flexibility index (Phi) is 3.20. The average Bonchev–Trinajstić information content (AvgIpc) is 2.55. The SMILES string of the molecule is CCc1sc2c(CBr)cccc2c1S. The van der Waals surface area contributed by atoms with E-state index < -0.39 is 0 Å². The molecule has 0 fully saturated rings. The van der Waals surface area contributed by atoms with Crippen molar-refractivity contribution >= 4 is 50.0 Å². The van der Waals surface area contributed by atoms with Gasteiger partial charge in [-0.1, -0.05) is 41.1 Å². The van der Waals surface area contributed by atoms with Gasteiger partial charge in [0.2, 0.25) is 0 Å². The van der Waals surface area contributed by atoms with Gasteiger partial charge in [0.05, 0.1) is 0 Å². The molecule has 0 unspecified atom stereocenters. The first-order valence-electron chi connectivity index (χ1n) is 4.56. The summed E-state index contributed by atoms with van der Waals surface area (Å²) < 4.78 is 1.38. The molecule has 74 valence electrons. The maximum Gasteiger partial charge on any atom is 0.0397 e. The topological polar surface area (TPSA) is 0 Å². The van der Waals surface area contributed by atoms with E-state index in [1.165, 1.54) is 20.5 Å². The Hall–Kier alpha value is 0.01000. The number of fused-ring (bicyclic) bond motifs is 1. The lowest BCUT2D eigenvalue weighted by atomic mass is 10.2. The first-order valence-corrected chi connectivity index (χ1v) is 6.94. The van der Waals surface area contributed by atoms with Crippen LogP contribution >= 0.6 is 39.9 Å². The summed E-state index contributed by atoms with van der Waals surface area (Å²) in [6.45, 7) is 2.18. The number of thiophene rings is 1. The van der Waals surface area contributed by atoms with E-state index in [1.807, 2.05) is 11.3 Å². The first-order chi connectivity index (χ1) is 6.77. The molecule has 1 aromatic carbocycles. The summed E-state index contributed by atoms with van der Waals surface area (Å²) in [5.74, 6) is 0. The third-order valence-corrected chi connectivity index (χ3v) is 5.00. The molecule has 0 amide bonds. The van der Waals surface area contributed by atoms with E-state index in [4.69, 9.17) is 0 Å². The molecule has 14 heavy (non-hydrogen) atoms. The van der Waals surface area contributed by atoms with Crippen molar-refractivity contribution in [3.63, 3.8) is 0 Å². The van der Waals surface area contributed by atoms with Gasteiger partial charge in [-0.3, -0.25) is 0 Å². The second kappa shape index (κ2) is 4.25. The molecule has 2 rings (SSSR count). The molecular formula is C11H11BrS2. The Morgan fingerprint density at radius 3 is 2.86 bits per heavy atom. The monoisotopic (exact) mass is 286 g/mol. The number of hydrogen-bond acceptors (Lipinski definition) is 2. The van der Waals surface area contributed by atoms with E-state index in [-0.39, 0.29) is 0 Å². The minimum absolute atomic E-state index is 0.918. The summed E-state index contributed by atoms with van der Waals surface area (Å²) in [5.41, 5.74) is 1.36. The molecule has 0 atom stereocenters. The van der Waals surface area contributed by atoms with E-state index in [0.717, 1.165) is 16.6 Å². The zero-order valence-electron chi connectivity index (χ0n) is 7.88. The minimum atomic E-state index is 0.918. The molecule has 1 aromatic heterocycles. The predicted molar refractivity (Wildman–Crippen MR) is 71.1 cm³/mol. The first kappa shape index (κ1) is 10.5. The lowest BCUT2D eigenvalue weighted by molar-refractivity contribution is 1.15. The van der Waals surface area contributed by atoms with Crippen LogP contribution in [0.4, 0.5) is 0 Å². The van der Waals surface area contributed by atoms with Crippen molar-refractivity contribution in [1.29, 1.82) is 0 Å². The Morgan fingerprint density at radius 1 is 1.43 bits per heavy atom. The lowest BCUT2D eigenvalue weighted by Crippen LogP contribution is -1.75. The number of benzene rings is 1. The highest BCUT2D eigenvalue weighted by Crippen LogP contribution is 2.36. The van der Waals surface area contributed by atoms with Crippen LogP contribution in [0.2, 0.25) is 0 Å². The largest absolute Gasteiger partial charge is 0.142 e.